The Bertz CT molecular complexity index is 128. The van der Waals surface area contributed by atoms with Gasteiger partial charge in [-0.05, 0) is 12.8 Å². The highest BCUT2D eigenvalue weighted by atomic mass is 16.3. The van der Waals surface area contributed by atoms with E-state index in [9.17, 15) is 0 Å². The molecular formula is C8H14O. The van der Waals surface area contributed by atoms with Gasteiger partial charge in [-0.1, -0.05) is 25.5 Å². The molecule has 1 aliphatic carbocycles. The zero-order valence-electron chi connectivity index (χ0n) is 6.15. The van der Waals surface area contributed by atoms with Crippen LogP contribution in [-0.2, 0) is 0 Å². The Hall–Kier alpha value is -0.300. The normalized spacial score (nSPS) is 17.9. The van der Waals surface area contributed by atoms with Crippen molar-refractivity contribution in [3.05, 3.63) is 11.6 Å². The van der Waals surface area contributed by atoms with Crippen LogP contribution in [0, 0.1) is 5.41 Å². The summed E-state index contributed by atoms with van der Waals surface area (Å²) in [4.78, 5) is 0. The summed E-state index contributed by atoms with van der Waals surface area (Å²) in [7, 11) is 0. The van der Waals surface area contributed by atoms with Crippen molar-refractivity contribution >= 4 is 0 Å². The number of hydrogen-bond donors (Lipinski definition) is 1. The van der Waals surface area contributed by atoms with Crippen molar-refractivity contribution in [2.24, 2.45) is 5.41 Å². The van der Waals surface area contributed by atoms with E-state index in [-0.39, 0.29) is 12.0 Å². The molecule has 0 bridgehead atoms. The van der Waals surface area contributed by atoms with Crippen LogP contribution in [0.5, 0.6) is 0 Å². The molecule has 0 saturated heterocycles. The molecule has 0 unspecified atom stereocenters. The standard InChI is InChI=1S/C8H14O/c1-8(2,6-9)5-7-3-4-7/h5,9H,3-4,6H2,1-2H3. The predicted octanol–water partition coefficient (Wildman–Crippen LogP) is 1.73. The minimum Gasteiger partial charge on any atom is -0.395 e. The average molecular weight is 126 g/mol. The molecule has 52 valence electrons. The van der Waals surface area contributed by atoms with Crippen LogP contribution in [0.4, 0.5) is 0 Å². The van der Waals surface area contributed by atoms with Crippen molar-refractivity contribution in [3.63, 3.8) is 0 Å². The van der Waals surface area contributed by atoms with Gasteiger partial charge in [0.15, 0.2) is 0 Å². The largest absolute Gasteiger partial charge is 0.395 e. The zero-order chi connectivity index (χ0) is 6.91. The molecule has 0 aromatic rings. The van der Waals surface area contributed by atoms with Gasteiger partial charge in [0.1, 0.15) is 0 Å². The monoisotopic (exact) mass is 126 g/mol. The minimum atomic E-state index is 0.0197. The summed E-state index contributed by atoms with van der Waals surface area (Å²) in [6.07, 6.45) is 4.69. The summed E-state index contributed by atoms with van der Waals surface area (Å²) in [5.74, 6) is 0. The van der Waals surface area contributed by atoms with Gasteiger partial charge in [0, 0.05) is 5.41 Å². The maximum Gasteiger partial charge on any atom is 0.0516 e. The Labute approximate surface area is 56.4 Å². The molecule has 0 heterocycles. The van der Waals surface area contributed by atoms with Crippen LogP contribution >= 0.6 is 0 Å². The SMILES string of the molecule is CC(C)(C=C1CC1)CO. The Kier molecular flexibility index (Phi) is 1.62. The molecule has 0 aromatic carbocycles. The molecule has 0 radical (unpaired) electrons. The van der Waals surface area contributed by atoms with E-state index < -0.39 is 0 Å². The number of allylic oxidation sites excluding steroid dienone is 1. The fourth-order valence-corrected chi connectivity index (χ4v) is 0.815. The van der Waals surface area contributed by atoms with Gasteiger partial charge in [0.25, 0.3) is 0 Å². The highest BCUT2D eigenvalue weighted by Gasteiger charge is 2.18. The molecule has 1 N–H and O–H groups in total. The van der Waals surface area contributed by atoms with E-state index in [1.54, 1.807) is 0 Å². The Morgan fingerprint density at radius 1 is 1.56 bits per heavy atom. The summed E-state index contributed by atoms with van der Waals surface area (Å²) < 4.78 is 0. The summed E-state index contributed by atoms with van der Waals surface area (Å²) in [5.41, 5.74) is 1.53. The van der Waals surface area contributed by atoms with Gasteiger partial charge in [-0.15, -0.1) is 0 Å². The third-order valence-electron chi connectivity index (χ3n) is 1.54. The second-order valence-corrected chi connectivity index (χ2v) is 3.45. The smallest absolute Gasteiger partial charge is 0.0516 e. The fourth-order valence-electron chi connectivity index (χ4n) is 0.815. The first-order valence-electron chi connectivity index (χ1n) is 3.45. The van der Waals surface area contributed by atoms with Crippen LogP contribution in [-0.4, -0.2) is 11.7 Å². The van der Waals surface area contributed by atoms with Gasteiger partial charge in [-0.3, -0.25) is 0 Å². The molecule has 0 atom stereocenters. The number of rotatable bonds is 2. The van der Waals surface area contributed by atoms with E-state index in [0.717, 1.165) is 0 Å². The average Bonchev–Trinajstić information content (AvgIpc) is 2.50. The van der Waals surface area contributed by atoms with Gasteiger partial charge in [-0.2, -0.15) is 0 Å². The summed E-state index contributed by atoms with van der Waals surface area (Å²) in [5, 5.41) is 8.83. The highest BCUT2D eigenvalue weighted by Crippen LogP contribution is 2.32. The molecule has 1 heteroatoms. The van der Waals surface area contributed by atoms with E-state index >= 15 is 0 Å². The lowest BCUT2D eigenvalue weighted by molar-refractivity contribution is 0.199. The topological polar surface area (TPSA) is 20.2 Å². The van der Waals surface area contributed by atoms with Crippen LogP contribution in [0.15, 0.2) is 11.6 Å². The molecule has 1 rings (SSSR count). The Balaban J connectivity index is 2.48. The summed E-state index contributed by atoms with van der Waals surface area (Å²) in [6, 6.07) is 0. The molecule has 1 aliphatic rings. The van der Waals surface area contributed by atoms with Crippen LogP contribution in [0.3, 0.4) is 0 Å². The van der Waals surface area contributed by atoms with Gasteiger partial charge < -0.3 is 5.11 Å². The predicted molar refractivity (Wildman–Crippen MR) is 38.2 cm³/mol. The zero-order valence-corrected chi connectivity index (χ0v) is 6.15. The maximum atomic E-state index is 8.83. The summed E-state index contributed by atoms with van der Waals surface area (Å²) in [6.45, 7) is 4.37. The molecule has 0 spiro atoms. The van der Waals surface area contributed by atoms with E-state index in [2.05, 4.69) is 19.9 Å². The lowest BCUT2D eigenvalue weighted by Gasteiger charge is -2.14. The molecule has 0 aromatic heterocycles. The van der Waals surface area contributed by atoms with E-state index in [4.69, 9.17) is 5.11 Å². The van der Waals surface area contributed by atoms with Crippen molar-refractivity contribution in [3.8, 4) is 0 Å². The minimum absolute atomic E-state index is 0.0197. The number of aliphatic hydroxyl groups excluding tert-OH is 1. The first-order chi connectivity index (χ1) is 4.14. The summed E-state index contributed by atoms with van der Waals surface area (Å²) >= 11 is 0. The van der Waals surface area contributed by atoms with Crippen molar-refractivity contribution in [1.29, 1.82) is 0 Å². The maximum absolute atomic E-state index is 8.83. The first kappa shape index (κ1) is 6.81. The number of aliphatic hydroxyl groups is 1. The van der Waals surface area contributed by atoms with Crippen LogP contribution in [0.25, 0.3) is 0 Å². The lowest BCUT2D eigenvalue weighted by atomic mass is 9.94. The van der Waals surface area contributed by atoms with Gasteiger partial charge in [0.2, 0.25) is 0 Å². The molecule has 1 fully saturated rings. The van der Waals surface area contributed by atoms with Gasteiger partial charge >= 0.3 is 0 Å². The van der Waals surface area contributed by atoms with E-state index in [1.165, 1.54) is 18.4 Å². The first-order valence-corrected chi connectivity index (χ1v) is 3.45. The fraction of sp³-hybridized carbons (Fsp3) is 0.750. The van der Waals surface area contributed by atoms with Crippen molar-refractivity contribution in [2.75, 3.05) is 6.61 Å². The van der Waals surface area contributed by atoms with Crippen molar-refractivity contribution in [2.45, 2.75) is 26.7 Å². The van der Waals surface area contributed by atoms with E-state index in [1.807, 2.05) is 0 Å². The molecule has 9 heavy (non-hydrogen) atoms. The molecule has 0 aliphatic heterocycles. The van der Waals surface area contributed by atoms with Gasteiger partial charge in [0.05, 0.1) is 6.61 Å². The van der Waals surface area contributed by atoms with Gasteiger partial charge in [-0.25, -0.2) is 0 Å². The van der Waals surface area contributed by atoms with E-state index in [0.29, 0.717) is 0 Å². The third-order valence-corrected chi connectivity index (χ3v) is 1.54. The van der Waals surface area contributed by atoms with Crippen molar-refractivity contribution < 1.29 is 5.11 Å². The molecule has 0 amide bonds. The highest BCUT2D eigenvalue weighted by molar-refractivity contribution is 5.19. The second-order valence-electron chi connectivity index (χ2n) is 3.45. The van der Waals surface area contributed by atoms with Crippen molar-refractivity contribution in [1.82, 2.24) is 0 Å². The third kappa shape index (κ3) is 2.19. The van der Waals surface area contributed by atoms with Crippen LogP contribution in [0.1, 0.15) is 26.7 Å². The quantitative estimate of drug-likeness (QED) is 0.558. The molecular weight excluding hydrogens is 112 g/mol. The van der Waals surface area contributed by atoms with Crippen LogP contribution < -0.4 is 0 Å². The molecule has 1 nitrogen and oxygen atoms in total. The molecule has 1 saturated carbocycles. The Morgan fingerprint density at radius 3 is 2.44 bits per heavy atom. The number of hydrogen-bond acceptors (Lipinski definition) is 1. The second kappa shape index (κ2) is 2.14. The van der Waals surface area contributed by atoms with Crippen LogP contribution in [0.2, 0.25) is 0 Å². The lowest BCUT2D eigenvalue weighted by Crippen LogP contribution is -2.12. The Morgan fingerprint density at radius 2 is 2.11 bits per heavy atom.